The fourth-order valence-corrected chi connectivity index (χ4v) is 2.12. The van der Waals surface area contributed by atoms with Crippen LogP contribution in [-0.4, -0.2) is 34.3 Å². The molecule has 0 unspecified atom stereocenters. The third-order valence-corrected chi connectivity index (χ3v) is 3.25. The second-order valence-electron chi connectivity index (χ2n) is 5.14. The highest BCUT2D eigenvalue weighted by Gasteiger charge is 2.01. The highest BCUT2D eigenvalue weighted by molar-refractivity contribution is 5.83. The first-order valence-corrected chi connectivity index (χ1v) is 7.61. The first kappa shape index (κ1) is 15.7. The maximum absolute atomic E-state index is 5.80. The van der Waals surface area contributed by atoms with Gasteiger partial charge in [0.15, 0.2) is 0 Å². The van der Waals surface area contributed by atoms with Gasteiger partial charge in [-0.25, -0.2) is 4.68 Å². The summed E-state index contributed by atoms with van der Waals surface area (Å²) in [7, 11) is 0. The van der Waals surface area contributed by atoms with Gasteiger partial charge in [0.25, 0.3) is 0 Å². The van der Waals surface area contributed by atoms with Crippen LogP contribution < -0.4 is 9.47 Å². The fourth-order valence-electron chi connectivity index (χ4n) is 2.12. The molecular formula is C18H18N4O2. The minimum Gasteiger partial charge on any atom is -0.490 e. The average Bonchev–Trinajstić information content (AvgIpc) is 3.11. The molecule has 0 aliphatic heterocycles. The van der Waals surface area contributed by atoms with Crippen molar-refractivity contribution in [1.29, 1.82) is 0 Å². The van der Waals surface area contributed by atoms with E-state index in [2.05, 4.69) is 15.3 Å². The summed E-state index contributed by atoms with van der Waals surface area (Å²) in [5, 5.41) is 11.6. The van der Waals surface area contributed by atoms with Gasteiger partial charge in [-0.2, -0.15) is 5.10 Å². The first-order valence-electron chi connectivity index (χ1n) is 7.61. The molecule has 0 spiro atoms. The van der Waals surface area contributed by atoms with Crippen LogP contribution in [0, 0.1) is 6.92 Å². The predicted octanol–water partition coefficient (Wildman–Crippen LogP) is 2.93. The SMILES string of the molecule is Cc1cccc(OCCOc2ccccc2/C=N/n2cnnc2)c1. The Morgan fingerprint density at radius 1 is 1.00 bits per heavy atom. The van der Waals surface area contributed by atoms with Crippen LogP contribution in [0.3, 0.4) is 0 Å². The Hall–Kier alpha value is -3.15. The molecule has 0 bridgehead atoms. The molecule has 0 radical (unpaired) electrons. The molecular weight excluding hydrogens is 304 g/mol. The van der Waals surface area contributed by atoms with Gasteiger partial charge in [0.2, 0.25) is 0 Å². The van der Waals surface area contributed by atoms with Crippen molar-refractivity contribution in [2.45, 2.75) is 6.92 Å². The minimum absolute atomic E-state index is 0.450. The third kappa shape index (κ3) is 4.42. The first-order chi connectivity index (χ1) is 11.8. The topological polar surface area (TPSA) is 61.5 Å². The minimum atomic E-state index is 0.450. The van der Waals surface area contributed by atoms with E-state index in [9.17, 15) is 0 Å². The summed E-state index contributed by atoms with van der Waals surface area (Å²) in [5.74, 6) is 1.60. The lowest BCUT2D eigenvalue weighted by molar-refractivity contribution is 0.217. The van der Waals surface area contributed by atoms with Crippen molar-refractivity contribution in [3.8, 4) is 11.5 Å². The number of hydrogen-bond acceptors (Lipinski definition) is 5. The number of hydrogen-bond donors (Lipinski definition) is 0. The molecule has 3 aromatic rings. The fraction of sp³-hybridized carbons (Fsp3) is 0.167. The van der Waals surface area contributed by atoms with E-state index in [1.807, 2.05) is 55.5 Å². The van der Waals surface area contributed by atoms with Crippen LogP contribution in [0.1, 0.15) is 11.1 Å². The van der Waals surface area contributed by atoms with Crippen molar-refractivity contribution in [3.63, 3.8) is 0 Å². The summed E-state index contributed by atoms with van der Waals surface area (Å²) in [4.78, 5) is 0. The highest BCUT2D eigenvalue weighted by atomic mass is 16.5. The van der Waals surface area contributed by atoms with E-state index in [1.165, 1.54) is 22.9 Å². The average molecular weight is 322 g/mol. The Bertz CT molecular complexity index is 800. The number of rotatable bonds is 7. The monoisotopic (exact) mass is 322 g/mol. The Morgan fingerprint density at radius 2 is 1.79 bits per heavy atom. The second-order valence-corrected chi connectivity index (χ2v) is 5.14. The standard InChI is InChI=1S/C18H18N4O2/c1-15-5-4-7-17(11-15)23-9-10-24-18-8-3-2-6-16(18)12-21-22-13-19-20-14-22/h2-8,11-14H,9-10H2,1H3/b21-12+. The summed E-state index contributed by atoms with van der Waals surface area (Å²) in [6.07, 6.45) is 4.76. The molecule has 0 saturated carbocycles. The van der Waals surface area contributed by atoms with E-state index in [1.54, 1.807) is 6.21 Å². The lowest BCUT2D eigenvalue weighted by atomic mass is 10.2. The molecule has 0 saturated heterocycles. The van der Waals surface area contributed by atoms with Crippen LogP contribution in [0.15, 0.2) is 66.3 Å². The number of benzene rings is 2. The number of para-hydroxylation sites is 1. The molecule has 0 fully saturated rings. The van der Waals surface area contributed by atoms with Crippen LogP contribution in [0.5, 0.6) is 11.5 Å². The molecule has 6 nitrogen and oxygen atoms in total. The van der Waals surface area contributed by atoms with Gasteiger partial charge in [-0.15, -0.1) is 10.2 Å². The zero-order valence-electron chi connectivity index (χ0n) is 13.4. The Kier molecular flexibility index (Phi) is 5.19. The van der Waals surface area contributed by atoms with Crippen LogP contribution in [0.4, 0.5) is 0 Å². The Labute approximate surface area is 140 Å². The number of ether oxygens (including phenoxy) is 2. The zero-order chi connectivity index (χ0) is 16.6. The molecule has 0 amide bonds. The molecule has 1 aromatic heterocycles. The van der Waals surface area contributed by atoms with Gasteiger partial charge in [0.1, 0.15) is 37.4 Å². The molecule has 0 aliphatic carbocycles. The van der Waals surface area contributed by atoms with Gasteiger partial charge in [-0.05, 0) is 36.8 Å². The molecule has 0 aliphatic rings. The van der Waals surface area contributed by atoms with Crippen molar-refractivity contribution in [2.75, 3.05) is 13.2 Å². The van der Waals surface area contributed by atoms with E-state index in [0.29, 0.717) is 13.2 Å². The maximum Gasteiger partial charge on any atom is 0.141 e. The van der Waals surface area contributed by atoms with Crippen LogP contribution in [0.25, 0.3) is 0 Å². The molecule has 122 valence electrons. The number of aryl methyl sites for hydroxylation is 1. The normalized spacial score (nSPS) is 10.9. The van der Waals surface area contributed by atoms with Gasteiger partial charge in [-0.1, -0.05) is 24.3 Å². The lowest BCUT2D eigenvalue weighted by Gasteiger charge is -2.10. The van der Waals surface area contributed by atoms with Crippen LogP contribution in [-0.2, 0) is 0 Å². The maximum atomic E-state index is 5.80. The van der Waals surface area contributed by atoms with E-state index in [-0.39, 0.29) is 0 Å². The van der Waals surface area contributed by atoms with Gasteiger partial charge in [-0.3, -0.25) is 0 Å². The molecule has 1 heterocycles. The van der Waals surface area contributed by atoms with Gasteiger partial charge in [0, 0.05) is 5.56 Å². The smallest absolute Gasteiger partial charge is 0.141 e. The van der Waals surface area contributed by atoms with Crippen LogP contribution in [0.2, 0.25) is 0 Å². The largest absolute Gasteiger partial charge is 0.490 e. The quantitative estimate of drug-likeness (QED) is 0.496. The van der Waals surface area contributed by atoms with Gasteiger partial charge in [0.05, 0.1) is 6.21 Å². The van der Waals surface area contributed by atoms with E-state index >= 15 is 0 Å². The summed E-state index contributed by atoms with van der Waals surface area (Å²) in [5.41, 5.74) is 2.05. The van der Waals surface area contributed by atoms with Crippen LogP contribution >= 0.6 is 0 Å². The van der Waals surface area contributed by atoms with Gasteiger partial charge >= 0.3 is 0 Å². The Morgan fingerprint density at radius 3 is 2.62 bits per heavy atom. The van der Waals surface area contributed by atoms with Crippen molar-refractivity contribution >= 4 is 6.21 Å². The summed E-state index contributed by atoms with van der Waals surface area (Å²) >= 11 is 0. The van der Waals surface area contributed by atoms with Crippen molar-refractivity contribution in [2.24, 2.45) is 5.10 Å². The Balaban J connectivity index is 1.55. The van der Waals surface area contributed by atoms with Crippen molar-refractivity contribution in [3.05, 3.63) is 72.3 Å². The predicted molar refractivity (Wildman–Crippen MR) is 91.6 cm³/mol. The summed E-state index contributed by atoms with van der Waals surface area (Å²) < 4.78 is 13.0. The van der Waals surface area contributed by atoms with E-state index in [4.69, 9.17) is 9.47 Å². The summed E-state index contributed by atoms with van der Waals surface area (Å²) in [6, 6.07) is 15.6. The number of aromatic nitrogens is 3. The van der Waals surface area contributed by atoms with Gasteiger partial charge < -0.3 is 9.47 Å². The van der Waals surface area contributed by atoms with Crippen molar-refractivity contribution in [1.82, 2.24) is 14.9 Å². The molecule has 6 heteroatoms. The molecule has 0 atom stereocenters. The third-order valence-electron chi connectivity index (χ3n) is 3.25. The molecule has 0 N–H and O–H groups in total. The molecule has 2 aromatic carbocycles. The lowest BCUT2D eigenvalue weighted by Crippen LogP contribution is -2.10. The zero-order valence-corrected chi connectivity index (χ0v) is 13.4. The second kappa shape index (κ2) is 7.92. The summed E-state index contributed by atoms with van der Waals surface area (Å²) in [6.45, 7) is 2.96. The molecule has 3 rings (SSSR count). The van der Waals surface area contributed by atoms with E-state index in [0.717, 1.165) is 17.1 Å². The molecule has 24 heavy (non-hydrogen) atoms. The van der Waals surface area contributed by atoms with Crippen molar-refractivity contribution < 1.29 is 9.47 Å². The number of nitrogens with zero attached hydrogens (tertiary/aromatic N) is 4. The highest BCUT2D eigenvalue weighted by Crippen LogP contribution is 2.16. The van der Waals surface area contributed by atoms with E-state index < -0.39 is 0 Å².